The van der Waals surface area contributed by atoms with E-state index in [0.29, 0.717) is 12.1 Å². The molecular formula is C16H19N3O4. The summed E-state index contributed by atoms with van der Waals surface area (Å²) >= 11 is 0. The molecule has 7 nitrogen and oxygen atoms in total. The second kappa shape index (κ2) is 7.98. The number of carboxylic acids is 1. The summed E-state index contributed by atoms with van der Waals surface area (Å²) in [4.78, 5) is 23.2. The van der Waals surface area contributed by atoms with Crippen molar-refractivity contribution in [1.82, 2.24) is 15.1 Å². The maximum absolute atomic E-state index is 11.8. The summed E-state index contributed by atoms with van der Waals surface area (Å²) in [7, 11) is 0. The van der Waals surface area contributed by atoms with E-state index < -0.39 is 18.1 Å². The van der Waals surface area contributed by atoms with Gasteiger partial charge in [-0.1, -0.05) is 37.3 Å². The Morgan fingerprint density at radius 3 is 2.74 bits per heavy atom. The number of aryl methyl sites for hydroxylation is 1. The third kappa shape index (κ3) is 4.84. The molecule has 7 heteroatoms. The Kier molecular flexibility index (Phi) is 5.74. The Morgan fingerprint density at radius 2 is 2.09 bits per heavy atom. The van der Waals surface area contributed by atoms with Gasteiger partial charge in [0.1, 0.15) is 6.61 Å². The first-order chi connectivity index (χ1) is 11.1. The number of hydrogen-bond acceptors (Lipinski definition) is 4. The number of aromatic nitrogens is 2. The maximum Gasteiger partial charge on any atom is 0.408 e. The average molecular weight is 317 g/mol. The number of rotatable bonds is 7. The maximum atomic E-state index is 11.8. The lowest BCUT2D eigenvalue weighted by molar-refractivity contribution is -0.139. The van der Waals surface area contributed by atoms with Crippen LogP contribution in [-0.4, -0.2) is 26.9 Å². The monoisotopic (exact) mass is 317 g/mol. The van der Waals surface area contributed by atoms with Crippen LogP contribution in [0.3, 0.4) is 0 Å². The molecule has 2 rings (SSSR count). The SMILES string of the molecule is CCCn1cc(C(NC(=O)OCc2ccccc2)C(=O)O)cn1. The molecular weight excluding hydrogens is 298 g/mol. The van der Waals surface area contributed by atoms with E-state index in [1.54, 1.807) is 10.9 Å². The molecule has 1 aromatic carbocycles. The Morgan fingerprint density at radius 1 is 1.35 bits per heavy atom. The van der Waals surface area contributed by atoms with E-state index in [9.17, 15) is 14.7 Å². The number of ether oxygens (including phenoxy) is 1. The lowest BCUT2D eigenvalue weighted by Gasteiger charge is -2.13. The fourth-order valence-corrected chi connectivity index (χ4v) is 2.05. The summed E-state index contributed by atoms with van der Waals surface area (Å²) in [5.74, 6) is -1.17. The zero-order chi connectivity index (χ0) is 16.7. The van der Waals surface area contributed by atoms with Crippen LogP contribution < -0.4 is 5.32 Å². The molecule has 1 heterocycles. The van der Waals surface area contributed by atoms with E-state index >= 15 is 0 Å². The molecule has 0 saturated carbocycles. The highest BCUT2D eigenvalue weighted by Crippen LogP contribution is 2.13. The van der Waals surface area contributed by atoms with Gasteiger partial charge in [0.05, 0.1) is 6.20 Å². The smallest absolute Gasteiger partial charge is 0.408 e. The van der Waals surface area contributed by atoms with Crippen molar-refractivity contribution in [2.45, 2.75) is 32.5 Å². The molecule has 1 aromatic heterocycles. The number of alkyl carbamates (subject to hydrolysis) is 1. The number of carbonyl (C=O) groups is 2. The molecule has 122 valence electrons. The van der Waals surface area contributed by atoms with E-state index in [0.717, 1.165) is 12.0 Å². The van der Waals surface area contributed by atoms with Crippen molar-refractivity contribution < 1.29 is 19.4 Å². The molecule has 2 N–H and O–H groups in total. The van der Waals surface area contributed by atoms with Gasteiger partial charge >= 0.3 is 12.1 Å². The highest BCUT2D eigenvalue weighted by molar-refractivity contribution is 5.81. The van der Waals surface area contributed by atoms with Gasteiger partial charge in [-0.3, -0.25) is 4.68 Å². The average Bonchev–Trinajstić information content (AvgIpc) is 3.00. The van der Waals surface area contributed by atoms with Crippen LogP contribution in [0.5, 0.6) is 0 Å². The van der Waals surface area contributed by atoms with E-state index in [1.807, 2.05) is 37.3 Å². The van der Waals surface area contributed by atoms with Gasteiger partial charge in [0.15, 0.2) is 6.04 Å². The van der Waals surface area contributed by atoms with Gasteiger partial charge in [0, 0.05) is 18.3 Å². The van der Waals surface area contributed by atoms with Crippen LogP contribution in [0, 0.1) is 0 Å². The molecule has 0 saturated heterocycles. The number of nitrogens with one attached hydrogen (secondary N) is 1. The van der Waals surface area contributed by atoms with Gasteiger partial charge in [0.2, 0.25) is 0 Å². The molecule has 1 atom stereocenters. The van der Waals surface area contributed by atoms with Crippen LogP contribution in [0.4, 0.5) is 4.79 Å². The number of carboxylic acid groups (broad SMARTS) is 1. The highest BCUT2D eigenvalue weighted by Gasteiger charge is 2.24. The van der Waals surface area contributed by atoms with Crippen LogP contribution >= 0.6 is 0 Å². The quantitative estimate of drug-likeness (QED) is 0.817. The van der Waals surface area contributed by atoms with Crippen LogP contribution in [0.1, 0.15) is 30.5 Å². The van der Waals surface area contributed by atoms with Gasteiger partial charge in [-0.2, -0.15) is 5.10 Å². The number of nitrogens with zero attached hydrogens (tertiary/aromatic N) is 2. The molecule has 0 bridgehead atoms. The predicted molar refractivity (Wildman–Crippen MR) is 82.7 cm³/mol. The van der Waals surface area contributed by atoms with Crippen molar-refractivity contribution in [3.05, 3.63) is 53.9 Å². The molecule has 0 radical (unpaired) electrons. The van der Waals surface area contributed by atoms with Crippen molar-refractivity contribution in [1.29, 1.82) is 0 Å². The summed E-state index contributed by atoms with van der Waals surface area (Å²) < 4.78 is 6.69. The molecule has 1 unspecified atom stereocenters. The Hall–Kier alpha value is -2.83. The molecule has 2 aromatic rings. The number of amides is 1. The minimum atomic E-state index is -1.19. The van der Waals surface area contributed by atoms with Gasteiger partial charge < -0.3 is 15.2 Å². The van der Waals surface area contributed by atoms with Crippen LogP contribution in [0.25, 0.3) is 0 Å². The molecule has 23 heavy (non-hydrogen) atoms. The Labute approximate surface area is 133 Å². The topological polar surface area (TPSA) is 93.5 Å². The van der Waals surface area contributed by atoms with E-state index in [1.165, 1.54) is 6.20 Å². The fourth-order valence-electron chi connectivity index (χ4n) is 2.05. The van der Waals surface area contributed by atoms with Crippen molar-refractivity contribution in [3.63, 3.8) is 0 Å². The van der Waals surface area contributed by atoms with E-state index in [-0.39, 0.29) is 6.61 Å². The van der Waals surface area contributed by atoms with Crippen molar-refractivity contribution in [2.75, 3.05) is 0 Å². The molecule has 0 fully saturated rings. The number of hydrogen-bond donors (Lipinski definition) is 2. The van der Waals surface area contributed by atoms with E-state index in [4.69, 9.17) is 4.74 Å². The first kappa shape index (κ1) is 16.5. The Balaban J connectivity index is 1.95. The van der Waals surface area contributed by atoms with Gasteiger partial charge in [0.25, 0.3) is 0 Å². The zero-order valence-corrected chi connectivity index (χ0v) is 12.8. The summed E-state index contributed by atoms with van der Waals surface area (Å²) in [6, 6.07) is 7.96. The van der Waals surface area contributed by atoms with E-state index in [2.05, 4.69) is 10.4 Å². The number of carbonyl (C=O) groups excluding carboxylic acids is 1. The predicted octanol–water partition coefficient (Wildman–Crippen LogP) is 2.35. The van der Waals surface area contributed by atoms with Gasteiger partial charge in [-0.25, -0.2) is 9.59 Å². The second-order valence-electron chi connectivity index (χ2n) is 5.01. The van der Waals surface area contributed by atoms with Gasteiger partial charge in [-0.05, 0) is 12.0 Å². The lowest BCUT2D eigenvalue weighted by atomic mass is 10.2. The largest absolute Gasteiger partial charge is 0.479 e. The molecule has 0 aliphatic rings. The Bertz CT molecular complexity index is 654. The van der Waals surface area contributed by atoms with Crippen LogP contribution in [0.2, 0.25) is 0 Å². The highest BCUT2D eigenvalue weighted by atomic mass is 16.5. The molecule has 0 aliphatic carbocycles. The summed E-state index contributed by atoms with van der Waals surface area (Å²) in [5, 5.41) is 15.7. The third-order valence-corrected chi connectivity index (χ3v) is 3.16. The standard InChI is InChI=1S/C16H19N3O4/c1-2-8-19-10-13(9-17-19)14(15(20)21)18-16(22)23-11-12-6-4-3-5-7-12/h3-7,9-10,14H,2,8,11H2,1H3,(H,18,22)(H,20,21). The summed E-state index contributed by atoms with van der Waals surface area (Å²) in [5.41, 5.74) is 1.23. The second-order valence-corrected chi connectivity index (χ2v) is 5.01. The molecule has 0 spiro atoms. The fraction of sp³-hybridized carbons (Fsp3) is 0.312. The van der Waals surface area contributed by atoms with Crippen molar-refractivity contribution in [2.24, 2.45) is 0 Å². The van der Waals surface area contributed by atoms with Crippen LogP contribution in [0.15, 0.2) is 42.7 Å². The third-order valence-electron chi connectivity index (χ3n) is 3.16. The van der Waals surface area contributed by atoms with Crippen molar-refractivity contribution in [3.8, 4) is 0 Å². The molecule has 0 aliphatic heterocycles. The van der Waals surface area contributed by atoms with Crippen molar-refractivity contribution >= 4 is 12.1 Å². The molecule has 1 amide bonds. The normalized spacial score (nSPS) is 11.7. The van der Waals surface area contributed by atoms with Gasteiger partial charge in [-0.15, -0.1) is 0 Å². The number of aliphatic carboxylic acids is 1. The summed E-state index contributed by atoms with van der Waals surface area (Å²) in [6.45, 7) is 2.76. The summed E-state index contributed by atoms with van der Waals surface area (Å²) in [6.07, 6.45) is 3.14. The number of benzene rings is 1. The first-order valence-electron chi connectivity index (χ1n) is 7.32. The first-order valence-corrected chi connectivity index (χ1v) is 7.32. The zero-order valence-electron chi connectivity index (χ0n) is 12.8. The van der Waals surface area contributed by atoms with Crippen LogP contribution in [-0.2, 0) is 22.7 Å². The lowest BCUT2D eigenvalue weighted by Crippen LogP contribution is -2.33. The minimum Gasteiger partial charge on any atom is -0.479 e. The minimum absolute atomic E-state index is 0.0775.